The summed E-state index contributed by atoms with van der Waals surface area (Å²) in [5, 5.41) is 0. The number of benzene rings is 1. The summed E-state index contributed by atoms with van der Waals surface area (Å²) in [6.07, 6.45) is 9.05. The van der Waals surface area contributed by atoms with E-state index in [9.17, 15) is 8.42 Å². The lowest BCUT2D eigenvalue weighted by atomic mass is 10.1. The van der Waals surface area contributed by atoms with Crippen LogP contribution in [-0.4, -0.2) is 15.0 Å². The standard InChI is InChI=1S/C15H19NO2S/c1-13-8-10-15(11-9-13)19(17,18)16-12-4-7-14-5-2-3-6-14/h2-3,5,8-11,16H,4,6-7,12H2,1H3. The van der Waals surface area contributed by atoms with E-state index < -0.39 is 10.0 Å². The number of aryl methyl sites for hydroxylation is 1. The van der Waals surface area contributed by atoms with Crippen LogP contribution in [0.15, 0.2) is 53.0 Å². The molecule has 0 unspecified atom stereocenters. The Labute approximate surface area is 115 Å². The first-order valence-electron chi connectivity index (χ1n) is 6.49. The van der Waals surface area contributed by atoms with Crippen molar-refractivity contribution in [2.24, 2.45) is 0 Å². The van der Waals surface area contributed by atoms with E-state index in [0.29, 0.717) is 11.4 Å². The molecule has 3 nitrogen and oxygen atoms in total. The van der Waals surface area contributed by atoms with Crippen LogP contribution < -0.4 is 4.72 Å². The topological polar surface area (TPSA) is 46.2 Å². The SMILES string of the molecule is Cc1ccc(S(=O)(=O)NCCCC2=CC=CC2)cc1. The zero-order chi connectivity index (χ0) is 13.7. The maximum atomic E-state index is 12.0. The fourth-order valence-corrected chi connectivity index (χ4v) is 3.07. The van der Waals surface area contributed by atoms with Crippen LogP contribution in [0.2, 0.25) is 0 Å². The molecule has 0 saturated carbocycles. The van der Waals surface area contributed by atoms with Crippen LogP contribution in [0.5, 0.6) is 0 Å². The van der Waals surface area contributed by atoms with Crippen LogP contribution in [0.25, 0.3) is 0 Å². The van der Waals surface area contributed by atoms with E-state index in [0.717, 1.165) is 24.8 Å². The molecule has 1 aliphatic rings. The van der Waals surface area contributed by atoms with Crippen LogP contribution in [0.3, 0.4) is 0 Å². The van der Waals surface area contributed by atoms with Gasteiger partial charge in [-0.2, -0.15) is 0 Å². The third-order valence-electron chi connectivity index (χ3n) is 3.15. The maximum Gasteiger partial charge on any atom is 0.240 e. The Hall–Kier alpha value is -1.39. The van der Waals surface area contributed by atoms with Crippen molar-refractivity contribution in [2.75, 3.05) is 6.54 Å². The third-order valence-corrected chi connectivity index (χ3v) is 4.62. The molecule has 102 valence electrons. The largest absolute Gasteiger partial charge is 0.240 e. The zero-order valence-corrected chi connectivity index (χ0v) is 11.9. The second kappa shape index (κ2) is 6.17. The first-order chi connectivity index (χ1) is 9.08. The Morgan fingerprint density at radius 2 is 1.95 bits per heavy atom. The molecule has 1 N–H and O–H groups in total. The highest BCUT2D eigenvalue weighted by atomic mass is 32.2. The normalized spacial score (nSPS) is 14.7. The summed E-state index contributed by atoms with van der Waals surface area (Å²) in [5.74, 6) is 0. The summed E-state index contributed by atoms with van der Waals surface area (Å²) in [6, 6.07) is 6.90. The number of allylic oxidation sites excluding steroid dienone is 4. The average Bonchev–Trinajstić information content (AvgIpc) is 2.88. The van der Waals surface area contributed by atoms with E-state index >= 15 is 0 Å². The first-order valence-corrected chi connectivity index (χ1v) is 7.97. The molecule has 0 saturated heterocycles. The van der Waals surface area contributed by atoms with Gasteiger partial charge in [0.1, 0.15) is 0 Å². The number of sulfonamides is 1. The Kier molecular flexibility index (Phi) is 4.56. The highest BCUT2D eigenvalue weighted by molar-refractivity contribution is 7.89. The third kappa shape index (κ3) is 4.04. The van der Waals surface area contributed by atoms with Crippen LogP contribution in [0.1, 0.15) is 24.8 Å². The van der Waals surface area contributed by atoms with E-state index in [2.05, 4.69) is 16.9 Å². The second-order valence-electron chi connectivity index (χ2n) is 4.77. The van der Waals surface area contributed by atoms with Crippen molar-refractivity contribution >= 4 is 10.0 Å². The summed E-state index contributed by atoms with van der Waals surface area (Å²) in [6.45, 7) is 2.42. The van der Waals surface area contributed by atoms with Gasteiger partial charge in [0, 0.05) is 6.54 Å². The van der Waals surface area contributed by atoms with Gasteiger partial charge in [-0.25, -0.2) is 13.1 Å². The Morgan fingerprint density at radius 3 is 2.58 bits per heavy atom. The minimum atomic E-state index is -3.36. The lowest BCUT2D eigenvalue weighted by Crippen LogP contribution is -2.24. The van der Waals surface area contributed by atoms with Crippen molar-refractivity contribution in [3.05, 3.63) is 53.6 Å². The second-order valence-corrected chi connectivity index (χ2v) is 6.54. The van der Waals surface area contributed by atoms with E-state index in [1.54, 1.807) is 12.1 Å². The number of nitrogens with one attached hydrogen (secondary N) is 1. The average molecular weight is 277 g/mol. The predicted molar refractivity (Wildman–Crippen MR) is 77.4 cm³/mol. The van der Waals surface area contributed by atoms with Gasteiger partial charge in [-0.3, -0.25) is 0 Å². The summed E-state index contributed by atoms with van der Waals surface area (Å²) < 4.78 is 26.6. The van der Waals surface area contributed by atoms with Crippen LogP contribution in [-0.2, 0) is 10.0 Å². The summed E-state index contributed by atoms with van der Waals surface area (Å²) in [4.78, 5) is 0.333. The maximum absolute atomic E-state index is 12.0. The van der Waals surface area contributed by atoms with E-state index in [-0.39, 0.29) is 0 Å². The molecule has 0 atom stereocenters. The molecule has 0 spiro atoms. The molecular formula is C15H19NO2S. The molecule has 19 heavy (non-hydrogen) atoms. The van der Waals surface area contributed by atoms with Gasteiger partial charge in [0.2, 0.25) is 10.0 Å². The quantitative estimate of drug-likeness (QED) is 0.813. The summed E-state index contributed by atoms with van der Waals surface area (Å²) in [5.41, 5.74) is 2.43. The van der Waals surface area contributed by atoms with Gasteiger partial charge in [0.25, 0.3) is 0 Å². The predicted octanol–water partition coefficient (Wildman–Crippen LogP) is 2.94. The first kappa shape index (κ1) is 14.0. The van der Waals surface area contributed by atoms with Gasteiger partial charge < -0.3 is 0 Å². The van der Waals surface area contributed by atoms with Gasteiger partial charge in [0.05, 0.1) is 4.90 Å². The molecule has 1 aromatic carbocycles. The Balaban J connectivity index is 1.82. The van der Waals surface area contributed by atoms with Crippen molar-refractivity contribution in [3.63, 3.8) is 0 Å². The fourth-order valence-electron chi connectivity index (χ4n) is 2.00. The van der Waals surface area contributed by atoms with Crippen molar-refractivity contribution in [3.8, 4) is 0 Å². The molecule has 0 aliphatic heterocycles. The number of hydrogen-bond donors (Lipinski definition) is 1. The molecule has 0 radical (unpaired) electrons. The minimum Gasteiger partial charge on any atom is -0.211 e. The molecule has 0 heterocycles. The van der Waals surface area contributed by atoms with Crippen molar-refractivity contribution < 1.29 is 8.42 Å². The van der Waals surface area contributed by atoms with Crippen molar-refractivity contribution in [1.29, 1.82) is 0 Å². The van der Waals surface area contributed by atoms with E-state index in [1.807, 2.05) is 25.1 Å². The molecule has 1 aliphatic carbocycles. The highest BCUT2D eigenvalue weighted by Crippen LogP contribution is 2.16. The van der Waals surface area contributed by atoms with Crippen molar-refractivity contribution in [2.45, 2.75) is 31.1 Å². The molecule has 0 aromatic heterocycles. The zero-order valence-electron chi connectivity index (χ0n) is 11.1. The van der Waals surface area contributed by atoms with Crippen LogP contribution in [0.4, 0.5) is 0 Å². The fraction of sp³-hybridized carbons (Fsp3) is 0.333. The molecule has 0 bridgehead atoms. The molecule has 1 aromatic rings. The van der Waals surface area contributed by atoms with Crippen LogP contribution >= 0.6 is 0 Å². The van der Waals surface area contributed by atoms with Crippen molar-refractivity contribution in [1.82, 2.24) is 4.72 Å². The summed E-state index contributed by atoms with van der Waals surface area (Å²) >= 11 is 0. The number of hydrogen-bond acceptors (Lipinski definition) is 2. The van der Waals surface area contributed by atoms with Crippen LogP contribution in [0, 0.1) is 6.92 Å². The smallest absolute Gasteiger partial charge is 0.211 e. The van der Waals surface area contributed by atoms with Gasteiger partial charge in [-0.1, -0.05) is 41.5 Å². The van der Waals surface area contributed by atoms with E-state index in [4.69, 9.17) is 0 Å². The molecular weight excluding hydrogens is 258 g/mol. The lowest BCUT2D eigenvalue weighted by Gasteiger charge is -2.07. The van der Waals surface area contributed by atoms with Gasteiger partial charge in [0.15, 0.2) is 0 Å². The highest BCUT2D eigenvalue weighted by Gasteiger charge is 2.12. The lowest BCUT2D eigenvalue weighted by molar-refractivity contribution is 0.578. The van der Waals surface area contributed by atoms with Gasteiger partial charge >= 0.3 is 0 Å². The van der Waals surface area contributed by atoms with Gasteiger partial charge in [-0.15, -0.1) is 0 Å². The minimum absolute atomic E-state index is 0.333. The Morgan fingerprint density at radius 1 is 1.21 bits per heavy atom. The summed E-state index contributed by atoms with van der Waals surface area (Å²) in [7, 11) is -3.36. The number of rotatable bonds is 6. The van der Waals surface area contributed by atoms with Gasteiger partial charge in [-0.05, 0) is 38.3 Å². The molecule has 0 fully saturated rings. The van der Waals surface area contributed by atoms with E-state index in [1.165, 1.54) is 5.57 Å². The monoisotopic (exact) mass is 277 g/mol. The molecule has 0 amide bonds. The molecule has 2 rings (SSSR count). The molecule has 4 heteroatoms. The Bertz CT molecular complexity index is 583.